The van der Waals surface area contributed by atoms with Gasteiger partial charge >= 0.3 is 0 Å². The summed E-state index contributed by atoms with van der Waals surface area (Å²) in [6, 6.07) is 11.0. The maximum Gasteiger partial charge on any atom is 0.111 e. The predicted octanol–water partition coefficient (Wildman–Crippen LogP) is 4.86. The Labute approximate surface area is 132 Å². The average Bonchev–Trinajstić information content (AvgIpc) is 2.89. The van der Waals surface area contributed by atoms with Crippen LogP contribution in [0.15, 0.2) is 30.3 Å². The molecule has 0 aliphatic carbocycles. The van der Waals surface area contributed by atoms with Crippen molar-refractivity contribution in [3.8, 4) is 0 Å². The summed E-state index contributed by atoms with van der Waals surface area (Å²) in [4.78, 5) is 6.24. The first-order valence-corrected chi connectivity index (χ1v) is 8.73. The number of nitrogens with one attached hydrogen (secondary N) is 1. The molecule has 0 amide bonds. The fourth-order valence-corrected chi connectivity index (χ4v) is 3.83. The first kappa shape index (κ1) is 16.2. The van der Waals surface area contributed by atoms with Crippen LogP contribution in [0, 0.1) is 6.92 Å². The third-order valence-corrected chi connectivity index (χ3v) is 5.05. The standard InChI is InChI=1S/C18H26N2S/c1-5-12-19-17(13(3)15-10-8-7-9-11-15)18-20-16(6-2)14(4)21-18/h7-11,13,17,19H,5-6,12H2,1-4H3. The Kier molecular flexibility index (Phi) is 5.95. The van der Waals surface area contributed by atoms with Crippen LogP contribution in [0.2, 0.25) is 0 Å². The maximum absolute atomic E-state index is 4.88. The number of rotatable bonds is 7. The summed E-state index contributed by atoms with van der Waals surface area (Å²) < 4.78 is 0. The zero-order valence-electron chi connectivity index (χ0n) is 13.5. The van der Waals surface area contributed by atoms with Crippen molar-refractivity contribution in [3.05, 3.63) is 51.5 Å². The SMILES string of the molecule is CCCNC(c1nc(CC)c(C)s1)C(C)c1ccccc1. The molecule has 0 aliphatic rings. The molecule has 0 bridgehead atoms. The lowest BCUT2D eigenvalue weighted by Gasteiger charge is -2.24. The first-order chi connectivity index (χ1) is 10.2. The van der Waals surface area contributed by atoms with Crippen molar-refractivity contribution in [2.45, 2.75) is 52.5 Å². The summed E-state index contributed by atoms with van der Waals surface area (Å²) in [5.74, 6) is 0.424. The van der Waals surface area contributed by atoms with Gasteiger partial charge in [-0.3, -0.25) is 0 Å². The van der Waals surface area contributed by atoms with Crippen molar-refractivity contribution >= 4 is 11.3 Å². The highest BCUT2D eigenvalue weighted by Crippen LogP contribution is 2.34. The molecule has 1 aromatic carbocycles. The van der Waals surface area contributed by atoms with Crippen molar-refractivity contribution in [2.75, 3.05) is 6.54 Å². The van der Waals surface area contributed by atoms with Crippen molar-refractivity contribution < 1.29 is 0 Å². The van der Waals surface area contributed by atoms with E-state index in [0.29, 0.717) is 12.0 Å². The molecule has 2 atom stereocenters. The molecule has 2 aromatic rings. The molecule has 0 saturated heterocycles. The maximum atomic E-state index is 4.88. The molecule has 0 fully saturated rings. The molecule has 1 N–H and O–H groups in total. The second-order valence-corrected chi connectivity index (χ2v) is 6.77. The van der Waals surface area contributed by atoms with Crippen molar-refractivity contribution in [2.24, 2.45) is 0 Å². The molecule has 2 nitrogen and oxygen atoms in total. The van der Waals surface area contributed by atoms with Gasteiger partial charge in [0.05, 0.1) is 11.7 Å². The van der Waals surface area contributed by atoms with Crippen molar-refractivity contribution in [3.63, 3.8) is 0 Å². The molecule has 0 aliphatic heterocycles. The summed E-state index contributed by atoms with van der Waals surface area (Å²) in [7, 11) is 0. The van der Waals surface area contributed by atoms with Crippen LogP contribution in [0.1, 0.15) is 60.3 Å². The molecular formula is C18H26N2S. The lowest BCUT2D eigenvalue weighted by Crippen LogP contribution is -2.26. The van der Waals surface area contributed by atoms with Crippen LogP contribution in [-0.4, -0.2) is 11.5 Å². The van der Waals surface area contributed by atoms with Crippen LogP contribution < -0.4 is 5.32 Å². The highest BCUT2D eigenvalue weighted by atomic mass is 32.1. The van der Waals surface area contributed by atoms with E-state index in [1.807, 2.05) is 11.3 Å². The van der Waals surface area contributed by atoms with Gasteiger partial charge in [0.1, 0.15) is 5.01 Å². The summed E-state index contributed by atoms with van der Waals surface area (Å²) in [6.45, 7) is 9.90. The molecule has 0 radical (unpaired) electrons. The monoisotopic (exact) mass is 302 g/mol. The van der Waals surface area contributed by atoms with E-state index in [9.17, 15) is 0 Å². The normalized spacial score (nSPS) is 14.1. The summed E-state index contributed by atoms with van der Waals surface area (Å²) >= 11 is 1.85. The summed E-state index contributed by atoms with van der Waals surface area (Å²) in [5.41, 5.74) is 2.62. The van der Waals surface area contributed by atoms with Gasteiger partial charge in [-0.05, 0) is 31.9 Å². The average molecular weight is 302 g/mol. The molecular weight excluding hydrogens is 276 g/mol. The predicted molar refractivity (Wildman–Crippen MR) is 92.1 cm³/mol. The van der Waals surface area contributed by atoms with Crippen LogP contribution in [0.4, 0.5) is 0 Å². The van der Waals surface area contributed by atoms with E-state index < -0.39 is 0 Å². The number of benzene rings is 1. The quantitative estimate of drug-likeness (QED) is 0.790. The lowest BCUT2D eigenvalue weighted by atomic mass is 9.93. The Bertz CT molecular complexity index is 548. The van der Waals surface area contributed by atoms with Gasteiger partial charge in [0.25, 0.3) is 0 Å². The number of hydrogen-bond acceptors (Lipinski definition) is 3. The fraction of sp³-hybridized carbons (Fsp3) is 0.500. The topological polar surface area (TPSA) is 24.9 Å². The Balaban J connectivity index is 2.28. The molecule has 21 heavy (non-hydrogen) atoms. The Morgan fingerprint density at radius 2 is 1.90 bits per heavy atom. The van der Waals surface area contributed by atoms with E-state index in [4.69, 9.17) is 4.98 Å². The number of thiazole rings is 1. The van der Waals surface area contributed by atoms with Gasteiger partial charge in [-0.1, -0.05) is 51.1 Å². The van der Waals surface area contributed by atoms with Crippen LogP contribution in [-0.2, 0) is 6.42 Å². The van der Waals surface area contributed by atoms with Crippen LogP contribution >= 0.6 is 11.3 Å². The first-order valence-electron chi connectivity index (χ1n) is 7.91. The molecule has 1 aromatic heterocycles. The molecule has 0 spiro atoms. The lowest BCUT2D eigenvalue weighted by molar-refractivity contribution is 0.464. The Morgan fingerprint density at radius 1 is 1.19 bits per heavy atom. The van der Waals surface area contributed by atoms with Gasteiger partial charge in [-0.25, -0.2) is 4.98 Å². The number of aromatic nitrogens is 1. The van der Waals surface area contributed by atoms with Gasteiger partial charge in [0, 0.05) is 10.8 Å². The molecule has 114 valence electrons. The Hall–Kier alpha value is -1.19. The zero-order chi connectivity index (χ0) is 15.2. The van der Waals surface area contributed by atoms with Gasteiger partial charge in [-0.15, -0.1) is 11.3 Å². The van der Waals surface area contributed by atoms with E-state index in [-0.39, 0.29) is 0 Å². The zero-order valence-corrected chi connectivity index (χ0v) is 14.3. The smallest absolute Gasteiger partial charge is 0.111 e. The number of hydrogen-bond donors (Lipinski definition) is 1. The minimum absolute atomic E-state index is 0.302. The summed E-state index contributed by atoms with van der Waals surface area (Å²) in [6.07, 6.45) is 2.16. The van der Waals surface area contributed by atoms with Crippen molar-refractivity contribution in [1.29, 1.82) is 0 Å². The third-order valence-electron chi connectivity index (χ3n) is 3.95. The second kappa shape index (κ2) is 7.71. The molecule has 2 unspecified atom stereocenters. The minimum Gasteiger partial charge on any atom is -0.307 e. The van der Waals surface area contributed by atoms with E-state index in [2.05, 4.69) is 63.3 Å². The van der Waals surface area contributed by atoms with E-state index >= 15 is 0 Å². The Morgan fingerprint density at radius 3 is 2.48 bits per heavy atom. The largest absolute Gasteiger partial charge is 0.307 e. The summed E-state index contributed by atoms with van der Waals surface area (Å²) in [5, 5.41) is 4.93. The number of aryl methyl sites for hydroxylation is 2. The minimum atomic E-state index is 0.302. The van der Waals surface area contributed by atoms with E-state index in [0.717, 1.165) is 19.4 Å². The van der Waals surface area contributed by atoms with E-state index in [1.165, 1.54) is 21.1 Å². The highest BCUT2D eigenvalue weighted by molar-refractivity contribution is 7.11. The molecule has 3 heteroatoms. The van der Waals surface area contributed by atoms with Gasteiger partial charge in [-0.2, -0.15) is 0 Å². The highest BCUT2D eigenvalue weighted by Gasteiger charge is 2.24. The fourth-order valence-electron chi connectivity index (χ4n) is 2.64. The van der Waals surface area contributed by atoms with Gasteiger partial charge < -0.3 is 5.32 Å². The van der Waals surface area contributed by atoms with Crippen LogP contribution in [0.25, 0.3) is 0 Å². The second-order valence-electron chi connectivity index (χ2n) is 5.54. The molecule has 2 rings (SSSR count). The van der Waals surface area contributed by atoms with E-state index in [1.54, 1.807) is 0 Å². The van der Waals surface area contributed by atoms with Crippen LogP contribution in [0.3, 0.4) is 0 Å². The third kappa shape index (κ3) is 3.92. The van der Waals surface area contributed by atoms with Crippen LogP contribution in [0.5, 0.6) is 0 Å². The van der Waals surface area contributed by atoms with Crippen molar-refractivity contribution in [1.82, 2.24) is 10.3 Å². The number of nitrogens with zero attached hydrogens (tertiary/aromatic N) is 1. The van der Waals surface area contributed by atoms with Gasteiger partial charge in [0.15, 0.2) is 0 Å². The van der Waals surface area contributed by atoms with Gasteiger partial charge in [0.2, 0.25) is 0 Å². The molecule has 1 heterocycles. The molecule has 0 saturated carbocycles.